The molecule has 30 atom stereocenters. The first-order chi connectivity index (χ1) is 63.8. The number of alkyl halides is 30. The lowest BCUT2D eigenvalue weighted by molar-refractivity contribution is -0.375. The fraction of sp³-hybridized carbons (Fsp3) is 0.971. The van der Waals surface area contributed by atoms with E-state index in [0.717, 1.165) is 187 Å². The number of aliphatic hydroxyl groups is 1. The maximum absolute atomic E-state index is 13.9. The first-order valence-electron chi connectivity index (χ1n) is 49.1. The highest BCUT2D eigenvalue weighted by Gasteiger charge is 2.78. The molecule has 14 nitrogen and oxygen atoms in total. The zero-order valence-corrected chi connectivity index (χ0v) is 88.3. The summed E-state index contributed by atoms with van der Waals surface area (Å²) in [5.41, 5.74) is -14.6. The van der Waals surface area contributed by atoms with Crippen LogP contribution in [0.25, 0.3) is 0 Å². The van der Waals surface area contributed by atoms with Crippen LogP contribution in [-0.4, -0.2) is 185 Å². The summed E-state index contributed by atoms with van der Waals surface area (Å²) in [5.74, 6) is -6.18. The van der Waals surface area contributed by atoms with Gasteiger partial charge in [-0.25, -0.2) is 14.4 Å². The van der Waals surface area contributed by atoms with Crippen molar-refractivity contribution in [3.8, 4) is 0 Å². The molecule has 16 rings (SSSR count). The molecule has 150 heavy (non-hydrogen) atoms. The van der Waals surface area contributed by atoms with Crippen molar-refractivity contribution >= 4 is 51.7 Å². The van der Waals surface area contributed by atoms with Gasteiger partial charge in [-0.05, 0) is 435 Å². The summed E-state index contributed by atoms with van der Waals surface area (Å²) in [7, 11) is -9.13. The molecular weight excluding hydrogens is 2130 g/mol. The second kappa shape index (κ2) is 49.9. The molecule has 30 unspecified atom stereocenters. The molecule has 16 aliphatic rings. The van der Waals surface area contributed by atoms with E-state index in [1.807, 2.05) is 0 Å². The Hall–Kier alpha value is -3.62. The molecule has 0 amide bonds. The van der Waals surface area contributed by atoms with Crippen LogP contribution < -0.4 is 0 Å². The monoisotopic (exact) mass is 2310 g/mol. The lowest BCUT2D eigenvalue weighted by atomic mass is 9.65. The molecule has 0 aromatic heterocycles. The third kappa shape index (κ3) is 31.4. The second-order valence-corrected chi connectivity index (χ2v) is 64.4. The molecule has 0 radical (unpaired) electrons. The minimum Gasteiger partial charge on any atom is -0.429 e. The van der Waals surface area contributed by atoms with Crippen LogP contribution in [0.4, 0.5) is 146 Å². The number of fused-ring (bicyclic) bond motifs is 36. The van der Waals surface area contributed by atoms with Gasteiger partial charge in [0, 0.05) is 34.9 Å². The fourth-order valence-electron chi connectivity index (χ4n) is 28.4. The molecule has 0 aromatic rings. The Morgan fingerprint density at radius 1 is 0.267 bits per heavy atom. The SMILES string of the molecule is C.C.C.C.C.C.C.C.CC(C)(C)OC(=O)OC(C)(CC1CC2CC1C1C3CCC(C3)C21)C(F)(F)F.CC(C)(C)OC(=O)OC(CC1CC2CC1C1C3CCC(C3)C21)(C(F)(F)F)C(F)(F)F.CC(C)(C)OC(=O)OC(CC1CC2CC1C1C3CCC(C3)C21)C(F)(F)F.CO[Si](C)(C)C(F)(F)F.CO[Si](C)(C)C(F)(F)F.CO[Si](C)(C)C(F)(F)F.CO[Si](C)(C)C(F)(F)F.OC(CC1CC2CC1C1C3CCC(C3)C21)(C(F)(F)F)C(F)(F)F. The van der Waals surface area contributed by atoms with Gasteiger partial charge in [-0.2, -0.15) is 132 Å². The van der Waals surface area contributed by atoms with Gasteiger partial charge in [0.2, 0.25) is 11.7 Å². The van der Waals surface area contributed by atoms with E-state index >= 15 is 0 Å². The van der Waals surface area contributed by atoms with Crippen LogP contribution in [-0.2, 0) is 46.1 Å². The third-order valence-electron chi connectivity index (χ3n) is 35.3. The Kier molecular flexibility index (Phi) is 48.1. The molecule has 16 bridgehead atoms. The van der Waals surface area contributed by atoms with Crippen molar-refractivity contribution in [1.29, 1.82) is 0 Å². The summed E-state index contributed by atoms with van der Waals surface area (Å²) < 4.78 is 430. The molecule has 0 spiro atoms. The van der Waals surface area contributed by atoms with Crippen molar-refractivity contribution in [2.75, 3.05) is 28.4 Å². The van der Waals surface area contributed by atoms with Gasteiger partial charge in [-0.1, -0.05) is 59.4 Å². The maximum atomic E-state index is 13.9. The van der Waals surface area contributed by atoms with Crippen LogP contribution in [0.15, 0.2) is 0 Å². The van der Waals surface area contributed by atoms with E-state index in [1.165, 1.54) is 65.7 Å². The molecular formula is C102H176F30O14Si4. The number of rotatable bonds is 15. The topological polar surface area (TPSA) is 164 Å². The zero-order valence-electron chi connectivity index (χ0n) is 84.3. The van der Waals surface area contributed by atoms with Gasteiger partial charge >= 0.3 is 118 Å². The molecule has 16 aliphatic carbocycles. The van der Waals surface area contributed by atoms with Crippen molar-refractivity contribution in [3.05, 3.63) is 0 Å². The number of ether oxygens (including phenoxy) is 6. The van der Waals surface area contributed by atoms with Crippen LogP contribution in [0.2, 0.25) is 52.4 Å². The van der Waals surface area contributed by atoms with Crippen molar-refractivity contribution in [1.82, 2.24) is 0 Å². The van der Waals surface area contributed by atoms with E-state index in [1.54, 1.807) is 41.5 Å². The predicted octanol–water partition coefficient (Wildman–Crippen LogP) is 35.5. The normalized spacial score (nSPS) is 32.9. The Balaban J connectivity index is 0.000000888. The Morgan fingerprint density at radius 2 is 0.487 bits per heavy atom. The largest absolute Gasteiger partial charge is 0.510 e. The highest BCUT2D eigenvalue weighted by molar-refractivity contribution is 6.74. The molecule has 1 N–H and O–H groups in total. The maximum Gasteiger partial charge on any atom is 0.510 e. The molecule has 0 saturated heterocycles. The smallest absolute Gasteiger partial charge is 0.429 e. The molecule has 0 aromatic carbocycles. The quantitative estimate of drug-likeness (QED) is 0.0541. The average molecular weight is 2310 g/mol. The summed E-state index contributed by atoms with van der Waals surface area (Å²) >= 11 is 0. The first-order valence-corrected chi connectivity index (χ1v) is 60.8. The average Bonchev–Trinajstić information content (AvgIpc) is 1.55. The molecule has 16 saturated carbocycles. The summed E-state index contributed by atoms with van der Waals surface area (Å²) in [4.78, 5) is 35.7. The number of carbonyl (C=O) groups excluding carboxylic acids is 3. The Labute approximate surface area is 874 Å². The van der Waals surface area contributed by atoms with Gasteiger partial charge < -0.3 is 51.2 Å². The van der Waals surface area contributed by atoms with Crippen molar-refractivity contribution in [2.45, 2.75) is 435 Å². The minimum atomic E-state index is -5.79. The summed E-state index contributed by atoms with van der Waals surface area (Å²) in [6.45, 7) is 23.7. The van der Waals surface area contributed by atoms with E-state index in [2.05, 4.69) is 27.2 Å². The lowest BCUT2D eigenvalue weighted by Crippen LogP contribution is -2.61. The van der Waals surface area contributed by atoms with Crippen LogP contribution >= 0.6 is 0 Å². The number of halogens is 30. The first kappa shape index (κ1) is 144. The highest BCUT2D eigenvalue weighted by atomic mass is 28.4. The standard InChI is InChI=1S/C21H28F6O3.C21H31F3O3.C20H29F3O3.C16H20F6O.4C4H9F3OSi.8CH4/c1-18(2,3)29-17(28)30-19(20(22,23)24,21(25,26)27)9-13-7-12-8-14(13)16-11-5-4-10(6-11)15(12)16;1-19(2,3)26-18(25)27-20(4,21(22,23)24)10-14-8-13-9-15(14)17-12-6-5-11(7-12)16(13)17;1-19(2,3)26-18(24)25-15(20(21,22)23)9-12-7-13-8-14(12)17-11-5-4-10(6-11)16(13)17;17-15(18,19)14(23,16(20,21)22)6-10-4-9-5-11(10)13-8-2-1-7(3-8)12(9)13;4*1-8-9(2,3)4(5,6)7;;;;;;;;/h10-16H,4-9H2,1-3H3;11-17H,5-10H2,1-4H3;10-17H,4-9H2,1-3H3;7-13,23H,1-6H2;4*1-3H3;8*1H4. The molecule has 16 fully saturated rings. The van der Waals surface area contributed by atoms with Gasteiger partial charge in [-0.15, -0.1) is 0 Å². The predicted molar refractivity (Wildman–Crippen MR) is 523 cm³/mol. The second-order valence-electron chi connectivity index (χ2n) is 48.4. The zero-order chi connectivity index (χ0) is 109. The van der Waals surface area contributed by atoms with Gasteiger partial charge in [-0.3, -0.25) is 0 Å². The van der Waals surface area contributed by atoms with E-state index in [9.17, 15) is 151 Å². The van der Waals surface area contributed by atoms with Crippen LogP contribution in [0.1, 0.15) is 283 Å². The Bertz CT molecular complexity index is 4060. The minimum absolute atomic E-state index is 0. The van der Waals surface area contributed by atoms with E-state index in [-0.39, 0.29) is 114 Å². The Morgan fingerprint density at radius 3 is 0.700 bits per heavy atom. The molecule has 48 heteroatoms. The van der Waals surface area contributed by atoms with Gasteiger partial charge in [0.25, 0.3) is 5.60 Å². The number of hydrogen-bond donors (Lipinski definition) is 1. The summed E-state index contributed by atoms with van der Waals surface area (Å²) in [6, 6.07) is 0. The number of carbonyl (C=O) groups is 3. The molecule has 0 aliphatic heterocycles. The third-order valence-corrected chi connectivity index (χ3v) is 44.9. The van der Waals surface area contributed by atoms with Crippen molar-refractivity contribution < 1.29 is 197 Å². The van der Waals surface area contributed by atoms with Crippen LogP contribution in [0.5, 0.6) is 0 Å². The molecule has 0 heterocycles. The van der Waals surface area contributed by atoms with Crippen LogP contribution in [0.3, 0.4) is 0 Å². The van der Waals surface area contributed by atoms with Crippen molar-refractivity contribution in [3.63, 3.8) is 0 Å². The molecule has 894 valence electrons. The van der Waals surface area contributed by atoms with E-state index in [4.69, 9.17) is 18.9 Å². The van der Waals surface area contributed by atoms with E-state index < -0.39 is 176 Å². The van der Waals surface area contributed by atoms with Crippen LogP contribution in [0, 0.1) is 166 Å². The van der Waals surface area contributed by atoms with Gasteiger partial charge in [0.15, 0.2) is 0 Å². The fourth-order valence-corrected chi connectivity index (χ4v) is 29.4. The van der Waals surface area contributed by atoms with Gasteiger partial charge in [0.1, 0.15) is 16.8 Å². The summed E-state index contributed by atoms with van der Waals surface area (Å²) in [6.07, 6.45) is -20.8. The number of hydrogen-bond acceptors (Lipinski definition) is 14. The summed E-state index contributed by atoms with van der Waals surface area (Å²) in [5, 5.41) is 9.50. The van der Waals surface area contributed by atoms with Gasteiger partial charge in [0.05, 0.1) is 0 Å². The van der Waals surface area contributed by atoms with Crippen molar-refractivity contribution in [2.24, 2.45) is 166 Å². The van der Waals surface area contributed by atoms with E-state index in [0.29, 0.717) is 96.2 Å². The highest BCUT2D eigenvalue weighted by Crippen LogP contribution is 2.75. The lowest BCUT2D eigenvalue weighted by Gasteiger charge is -2.43.